The van der Waals surface area contributed by atoms with Gasteiger partial charge in [0.05, 0.1) is 17.0 Å². The van der Waals surface area contributed by atoms with Crippen molar-refractivity contribution in [2.24, 2.45) is 0 Å². The number of carbonyl (C=O) groups is 1. The molecule has 1 amide bonds. The first-order valence-corrected chi connectivity index (χ1v) is 7.50. The van der Waals surface area contributed by atoms with E-state index in [1.165, 1.54) is 0 Å². The highest BCUT2D eigenvalue weighted by Crippen LogP contribution is 2.26. The van der Waals surface area contributed by atoms with Crippen LogP contribution < -0.4 is 0 Å². The third-order valence-electron chi connectivity index (χ3n) is 4.04. The normalized spacial score (nSPS) is 18.3. The van der Waals surface area contributed by atoms with Crippen molar-refractivity contribution in [3.05, 3.63) is 47.6 Å². The fourth-order valence-electron chi connectivity index (χ4n) is 2.89. The number of amides is 1. The van der Waals surface area contributed by atoms with E-state index in [2.05, 4.69) is 19.9 Å². The molecule has 0 aromatic carbocycles. The number of hydrogen-bond acceptors (Lipinski definition) is 5. The molecule has 3 rings (SSSR count). The molecule has 0 aliphatic carbocycles. The Balaban J connectivity index is 1.78. The summed E-state index contributed by atoms with van der Waals surface area (Å²) in [6, 6.07) is 0. The van der Waals surface area contributed by atoms with E-state index in [4.69, 9.17) is 0 Å². The first-order valence-electron chi connectivity index (χ1n) is 7.50. The van der Waals surface area contributed by atoms with Crippen LogP contribution in [0.5, 0.6) is 0 Å². The third-order valence-corrected chi connectivity index (χ3v) is 4.04. The van der Waals surface area contributed by atoms with Gasteiger partial charge in [-0.25, -0.2) is 9.97 Å². The minimum Gasteiger partial charge on any atom is -0.338 e. The van der Waals surface area contributed by atoms with Crippen LogP contribution in [0.3, 0.4) is 0 Å². The lowest BCUT2D eigenvalue weighted by Gasteiger charge is -2.32. The van der Waals surface area contributed by atoms with Gasteiger partial charge in [0, 0.05) is 43.8 Å². The summed E-state index contributed by atoms with van der Waals surface area (Å²) >= 11 is 0. The van der Waals surface area contributed by atoms with Crippen LogP contribution in [0.2, 0.25) is 0 Å². The van der Waals surface area contributed by atoms with Crippen LogP contribution >= 0.6 is 0 Å². The Labute approximate surface area is 129 Å². The fourth-order valence-corrected chi connectivity index (χ4v) is 2.89. The zero-order chi connectivity index (χ0) is 15.5. The first-order chi connectivity index (χ1) is 10.6. The smallest absolute Gasteiger partial charge is 0.257 e. The molecule has 2 aromatic rings. The van der Waals surface area contributed by atoms with Gasteiger partial charge in [-0.3, -0.25) is 14.8 Å². The second kappa shape index (κ2) is 6.17. The molecule has 0 saturated carbocycles. The van der Waals surface area contributed by atoms with Gasteiger partial charge in [-0.05, 0) is 26.7 Å². The summed E-state index contributed by atoms with van der Waals surface area (Å²) in [5, 5.41) is 0. The lowest BCUT2D eigenvalue weighted by Crippen LogP contribution is -2.39. The highest BCUT2D eigenvalue weighted by atomic mass is 16.2. The van der Waals surface area contributed by atoms with Crippen LogP contribution in [0.15, 0.2) is 24.8 Å². The van der Waals surface area contributed by atoms with Gasteiger partial charge in [-0.2, -0.15) is 0 Å². The minimum absolute atomic E-state index is 0.00564. The Kier molecular flexibility index (Phi) is 4.09. The molecule has 2 aromatic heterocycles. The summed E-state index contributed by atoms with van der Waals surface area (Å²) in [5.74, 6) is 0.939. The van der Waals surface area contributed by atoms with Crippen molar-refractivity contribution in [3.8, 4) is 0 Å². The van der Waals surface area contributed by atoms with Crippen molar-refractivity contribution in [1.29, 1.82) is 0 Å². The van der Waals surface area contributed by atoms with Gasteiger partial charge >= 0.3 is 0 Å². The Hall–Kier alpha value is -2.37. The Morgan fingerprint density at radius 3 is 2.82 bits per heavy atom. The molecule has 1 atom stereocenters. The van der Waals surface area contributed by atoms with E-state index in [-0.39, 0.29) is 11.8 Å². The summed E-state index contributed by atoms with van der Waals surface area (Å²) < 4.78 is 0. The average molecular weight is 297 g/mol. The van der Waals surface area contributed by atoms with Crippen LogP contribution in [0.4, 0.5) is 0 Å². The van der Waals surface area contributed by atoms with Crippen molar-refractivity contribution in [2.45, 2.75) is 32.6 Å². The lowest BCUT2D eigenvalue weighted by atomic mass is 9.94. The molecule has 0 radical (unpaired) electrons. The van der Waals surface area contributed by atoms with Gasteiger partial charge in [0.2, 0.25) is 0 Å². The lowest BCUT2D eigenvalue weighted by molar-refractivity contribution is 0.0704. The van der Waals surface area contributed by atoms with E-state index in [1.54, 1.807) is 24.8 Å². The summed E-state index contributed by atoms with van der Waals surface area (Å²) in [6.07, 6.45) is 8.80. The molecular formula is C16H19N5O. The summed E-state index contributed by atoms with van der Waals surface area (Å²) in [4.78, 5) is 31.5. The molecule has 0 bridgehead atoms. The van der Waals surface area contributed by atoms with E-state index in [0.717, 1.165) is 30.8 Å². The Morgan fingerprint density at radius 1 is 1.23 bits per heavy atom. The number of likely N-dealkylation sites (tertiary alicyclic amines) is 1. The number of aryl methyl sites for hydroxylation is 2. The Morgan fingerprint density at radius 2 is 2.09 bits per heavy atom. The monoisotopic (exact) mass is 297 g/mol. The number of piperidine rings is 1. The second-order valence-corrected chi connectivity index (χ2v) is 5.64. The van der Waals surface area contributed by atoms with Crippen LogP contribution in [-0.4, -0.2) is 43.8 Å². The molecule has 22 heavy (non-hydrogen) atoms. The van der Waals surface area contributed by atoms with Gasteiger partial charge in [-0.1, -0.05) is 0 Å². The van der Waals surface area contributed by atoms with Gasteiger partial charge in [0.25, 0.3) is 5.91 Å². The molecule has 1 aliphatic heterocycles. The second-order valence-electron chi connectivity index (χ2n) is 5.64. The third kappa shape index (κ3) is 2.95. The molecule has 1 unspecified atom stereocenters. The van der Waals surface area contributed by atoms with Gasteiger partial charge in [0.15, 0.2) is 0 Å². The van der Waals surface area contributed by atoms with Crippen LogP contribution in [0, 0.1) is 13.8 Å². The van der Waals surface area contributed by atoms with E-state index in [0.29, 0.717) is 17.9 Å². The maximum absolute atomic E-state index is 12.7. The maximum atomic E-state index is 12.7. The van der Waals surface area contributed by atoms with Gasteiger partial charge in [-0.15, -0.1) is 0 Å². The highest BCUT2D eigenvalue weighted by Gasteiger charge is 2.27. The van der Waals surface area contributed by atoms with Crippen LogP contribution in [0.25, 0.3) is 0 Å². The molecule has 3 heterocycles. The summed E-state index contributed by atoms with van der Waals surface area (Å²) in [5.41, 5.74) is 2.28. The average Bonchev–Trinajstić information content (AvgIpc) is 2.55. The fraction of sp³-hybridized carbons (Fsp3) is 0.438. The van der Waals surface area contributed by atoms with Gasteiger partial charge < -0.3 is 4.90 Å². The number of carbonyl (C=O) groups excluding carboxylic acids is 1. The molecule has 6 nitrogen and oxygen atoms in total. The summed E-state index contributed by atoms with van der Waals surface area (Å²) in [6.45, 7) is 5.12. The van der Waals surface area contributed by atoms with Crippen molar-refractivity contribution < 1.29 is 4.79 Å². The zero-order valence-electron chi connectivity index (χ0n) is 12.9. The largest absolute Gasteiger partial charge is 0.338 e. The Bertz CT molecular complexity index is 673. The summed E-state index contributed by atoms with van der Waals surface area (Å²) in [7, 11) is 0. The quantitative estimate of drug-likeness (QED) is 0.846. The maximum Gasteiger partial charge on any atom is 0.257 e. The molecule has 1 fully saturated rings. The van der Waals surface area contributed by atoms with Crippen molar-refractivity contribution >= 4 is 5.91 Å². The molecule has 1 aliphatic rings. The van der Waals surface area contributed by atoms with E-state index < -0.39 is 0 Å². The molecule has 0 spiro atoms. The molecule has 114 valence electrons. The molecular weight excluding hydrogens is 278 g/mol. The van der Waals surface area contributed by atoms with Crippen molar-refractivity contribution in [1.82, 2.24) is 24.8 Å². The zero-order valence-corrected chi connectivity index (χ0v) is 12.9. The first kappa shape index (κ1) is 14.6. The molecule has 1 saturated heterocycles. The standard InChI is InChI=1S/C16H19N5O/c1-11-14(8-19-12(2)20-11)16(22)21-7-3-4-13(10-21)15-9-17-5-6-18-15/h5-6,8-9,13H,3-4,7,10H2,1-2H3. The topological polar surface area (TPSA) is 71.9 Å². The van der Waals surface area contributed by atoms with E-state index in [1.807, 2.05) is 18.7 Å². The number of aromatic nitrogens is 4. The minimum atomic E-state index is 0.00564. The van der Waals surface area contributed by atoms with E-state index >= 15 is 0 Å². The van der Waals surface area contributed by atoms with Crippen LogP contribution in [0.1, 0.15) is 46.3 Å². The van der Waals surface area contributed by atoms with Crippen molar-refractivity contribution in [3.63, 3.8) is 0 Å². The highest BCUT2D eigenvalue weighted by molar-refractivity contribution is 5.95. The molecule has 6 heteroatoms. The number of nitrogens with zero attached hydrogens (tertiary/aromatic N) is 5. The van der Waals surface area contributed by atoms with Crippen molar-refractivity contribution in [2.75, 3.05) is 13.1 Å². The molecule has 0 N–H and O–H groups in total. The van der Waals surface area contributed by atoms with E-state index in [9.17, 15) is 4.79 Å². The predicted molar refractivity (Wildman–Crippen MR) is 81.4 cm³/mol. The SMILES string of the molecule is Cc1ncc(C(=O)N2CCCC(c3cnccn3)C2)c(C)n1. The number of hydrogen-bond donors (Lipinski definition) is 0. The van der Waals surface area contributed by atoms with Crippen LogP contribution in [-0.2, 0) is 0 Å². The predicted octanol–water partition coefficient (Wildman–Crippen LogP) is 1.90. The number of rotatable bonds is 2. The van der Waals surface area contributed by atoms with Gasteiger partial charge in [0.1, 0.15) is 5.82 Å².